The van der Waals surface area contributed by atoms with Gasteiger partial charge in [0.2, 0.25) is 0 Å². The number of ether oxygens (including phenoxy) is 1. The lowest BCUT2D eigenvalue weighted by Gasteiger charge is -2.05. The number of rotatable bonds is 5. The monoisotopic (exact) mass is 259 g/mol. The number of nitrogens with zero attached hydrogens (tertiary/aromatic N) is 1. The lowest BCUT2D eigenvalue weighted by molar-refractivity contribution is 0.0600. The molecule has 0 radical (unpaired) electrons. The molecule has 0 aliphatic carbocycles. The molecule has 0 saturated carbocycles. The van der Waals surface area contributed by atoms with Crippen LogP contribution in [0.3, 0.4) is 0 Å². The topological polar surface area (TPSA) is 67.0 Å². The molecule has 2 rings (SSSR count). The van der Waals surface area contributed by atoms with Crippen molar-refractivity contribution in [2.75, 3.05) is 7.11 Å². The number of carbonyl (C=O) groups excluding carboxylic acids is 1. The number of hydrogen-bond donors (Lipinski definition) is 2. The third-order valence-electron chi connectivity index (χ3n) is 2.95. The van der Waals surface area contributed by atoms with Crippen molar-refractivity contribution in [2.45, 2.75) is 20.0 Å². The van der Waals surface area contributed by atoms with E-state index < -0.39 is 0 Å². The standard InChI is InChI=1S/C14H17N3O2/c1-10-13(9-16-17-10)8-15-7-11-3-5-12(6-4-11)14(18)19-2/h3-6,9,15H,7-8H2,1-2H3,(H,16,17). The fourth-order valence-electron chi connectivity index (χ4n) is 1.77. The lowest BCUT2D eigenvalue weighted by Crippen LogP contribution is -2.13. The Hall–Kier alpha value is -2.14. The van der Waals surface area contributed by atoms with Crippen molar-refractivity contribution in [1.82, 2.24) is 15.5 Å². The van der Waals surface area contributed by atoms with Crippen LogP contribution in [0, 0.1) is 6.92 Å². The van der Waals surface area contributed by atoms with Crippen molar-refractivity contribution in [3.63, 3.8) is 0 Å². The van der Waals surface area contributed by atoms with Gasteiger partial charge in [0.15, 0.2) is 0 Å². The number of hydrogen-bond acceptors (Lipinski definition) is 4. The summed E-state index contributed by atoms with van der Waals surface area (Å²) in [6, 6.07) is 7.38. The second-order valence-electron chi connectivity index (χ2n) is 4.31. The average molecular weight is 259 g/mol. The number of nitrogens with one attached hydrogen (secondary N) is 2. The average Bonchev–Trinajstić information content (AvgIpc) is 2.84. The molecule has 0 aliphatic rings. The van der Waals surface area contributed by atoms with Gasteiger partial charge in [-0.05, 0) is 24.6 Å². The molecule has 2 aromatic rings. The van der Waals surface area contributed by atoms with Gasteiger partial charge >= 0.3 is 5.97 Å². The number of benzene rings is 1. The second-order valence-corrected chi connectivity index (χ2v) is 4.31. The van der Waals surface area contributed by atoms with Crippen molar-refractivity contribution in [3.8, 4) is 0 Å². The molecular formula is C14H17N3O2. The third kappa shape index (κ3) is 3.42. The molecule has 0 fully saturated rings. The predicted octanol–water partition coefficient (Wildman–Crippen LogP) is 1.79. The highest BCUT2D eigenvalue weighted by Crippen LogP contribution is 2.07. The fourth-order valence-corrected chi connectivity index (χ4v) is 1.77. The molecule has 0 atom stereocenters. The Bertz CT molecular complexity index is 546. The van der Waals surface area contributed by atoms with Gasteiger partial charge < -0.3 is 10.1 Å². The van der Waals surface area contributed by atoms with E-state index in [0.717, 1.165) is 29.9 Å². The molecule has 1 aromatic heterocycles. The Balaban J connectivity index is 1.86. The summed E-state index contributed by atoms with van der Waals surface area (Å²) in [7, 11) is 1.38. The van der Waals surface area contributed by atoms with Crippen LogP contribution in [0.4, 0.5) is 0 Å². The highest BCUT2D eigenvalue weighted by atomic mass is 16.5. The van der Waals surface area contributed by atoms with E-state index in [2.05, 4.69) is 20.3 Å². The smallest absolute Gasteiger partial charge is 0.337 e. The van der Waals surface area contributed by atoms with Gasteiger partial charge in [-0.1, -0.05) is 12.1 Å². The summed E-state index contributed by atoms with van der Waals surface area (Å²) in [5.74, 6) is -0.312. The molecule has 0 unspecified atom stereocenters. The summed E-state index contributed by atoms with van der Waals surface area (Å²) in [6.45, 7) is 3.50. The first-order valence-corrected chi connectivity index (χ1v) is 6.07. The van der Waals surface area contributed by atoms with Gasteiger partial charge in [0, 0.05) is 24.3 Å². The first kappa shape index (κ1) is 13.3. The molecule has 0 aliphatic heterocycles. The Kier molecular flexibility index (Phi) is 4.30. The van der Waals surface area contributed by atoms with Crippen LogP contribution in [0.1, 0.15) is 27.2 Å². The van der Waals surface area contributed by atoms with E-state index >= 15 is 0 Å². The molecule has 0 bridgehead atoms. The normalized spacial score (nSPS) is 10.4. The summed E-state index contributed by atoms with van der Waals surface area (Å²) in [5.41, 5.74) is 3.92. The van der Waals surface area contributed by atoms with Crippen molar-refractivity contribution in [2.24, 2.45) is 0 Å². The van der Waals surface area contributed by atoms with E-state index in [1.54, 1.807) is 12.1 Å². The van der Waals surface area contributed by atoms with Crippen LogP contribution in [0.2, 0.25) is 0 Å². The molecule has 1 aromatic carbocycles. The Morgan fingerprint density at radius 3 is 2.63 bits per heavy atom. The van der Waals surface area contributed by atoms with E-state index in [1.807, 2.05) is 25.3 Å². The van der Waals surface area contributed by atoms with Gasteiger partial charge in [-0.25, -0.2) is 4.79 Å². The minimum atomic E-state index is -0.312. The quantitative estimate of drug-likeness (QED) is 0.803. The molecule has 0 amide bonds. The molecule has 0 spiro atoms. The number of aryl methyl sites for hydroxylation is 1. The van der Waals surface area contributed by atoms with E-state index in [1.165, 1.54) is 7.11 Å². The Morgan fingerprint density at radius 1 is 1.32 bits per heavy atom. The largest absolute Gasteiger partial charge is 0.465 e. The first-order chi connectivity index (χ1) is 9.20. The highest BCUT2D eigenvalue weighted by molar-refractivity contribution is 5.89. The number of H-pyrrole nitrogens is 1. The summed E-state index contributed by atoms with van der Waals surface area (Å²) < 4.78 is 4.65. The minimum absolute atomic E-state index is 0.312. The van der Waals surface area contributed by atoms with Gasteiger partial charge in [-0.2, -0.15) is 5.10 Å². The summed E-state index contributed by atoms with van der Waals surface area (Å²) in [5, 5.41) is 10.2. The zero-order chi connectivity index (χ0) is 13.7. The summed E-state index contributed by atoms with van der Waals surface area (Å²) in [6.07, 6.45) is 1.82. The van der Waals surface area contributed by atoms with Gasteiger partial charge in [-0.15, -0.1) is 0 Å². The molecule has 100 valence electrons. The van der Waals surface area contributed by atoms with Crippen LogP contribution in [0.25, 0.3) is 0 Å². The van der Waals surface area contributed by atoms with Crippen LogP contribution in [0.5, 0.6) is 0 Å². The van der Waals surface area contributed by atoms with E-state index in [4.69, 9.17) is 0 Å². The number of aromatic amines is 1. The Morgan fingerprint density at radius 2 is 2.05 bits per heavy atom. The number of esters is 1. The SMILES string of the molecule is COC(=O)c1ccc(CNCc2cn[nH]c2C)cc1. The maximum Gasteiger partial charge on any atom is 0.337 e. The van der Waals surface area contributed by atoms with Gasteiger partial charge in [0.05, 0.1) is 18.9 Å². The predicted molar refractivity (Wildman–Crippen MR) is 71.6 cm³/mol. The zero-order valence-corrected chi connectivity index (χ0v) is 11.1. The maximum absolute atomic E-state index is 11.3. The Labute approximate surface area is 112 Å². The van der Waals surface area contributed by atoms with Crippen LogP contribution in [-0.2, 0) is 17.8 Å². The number of methoxy groups -OCH3 is 1. The van der Waals surface area contributed by atoms with Crippen molar-refractivity contribution < 1.29 is 9.53 Å². The van der Waals surface area contributed by atoms with E-state index in [0.29, 0.717) is 5.56 Å². The van der Waals surface area contributed by atoms with E-state index in [-0.39, 0.29) is 5.97 Å². The lowest BCUT2D eigenvalue weighted by atomic mass is 10.1. The second kappa shape index (κ2) is 6.15. The van der Waals surface area contributed by atoms with Crippen LogP contribution in [-0.4, -0.2) is 23.3 Å². The molecule has 19 heavy (non-hydrogen) atoms. The summed E-state index contributed by atoms with van der Waals surface area (Å²) in [4.78, 5) is 11.3. The fraction of sp³-hybridized carbons (Fsp3) is 0.286. The van der Waals surface area contributed by atoms with Crippen molar-refractivity contribution in [3.05, 3.63) is 52.8 Å². The molecular weight excluding hydrogens is 242 g/mol. The van der Waals surface area contributed by atoms with Crippen molar-refractivity contribution in [1.29, 1.82) is 0 Å². The van der Waals surface area contributed by atoms with Gasteiger partial charge in [0.25, 0.3) is 0 Å². The van der Waals surface area contributed by atoms with Gasteiger partial charge in [0.1, 0.15) is 0 Å². The molecule has 5 heteroatoms. The zero-order valence-electron chi connectivity index (χ0n) is 11.1. The molecule has 0 saturated heterocycles. The van der Waals surface area contributed by atoms with Crippen LogP contribution in [0.15, 0.2) is 30.5 Å². The number of carbonyl (C=O) groups is 1. The highest BCUT2D eigenvalue weighted by Gasteiger charge is 2.04. The van der Waals surface area contributed by atoms with E-state index in [9.17, 15) is 4.79 Å². The first-order valence-electron chi connectivity index (χ1n) is 6.07. The van der Waals surface area contributed by atoms with Crippen molar-refractivity contribution >= 4 is 5.97 Å². The molecule has 2 N–H and O–H groups in total. The molecule has 5 nitrogen and oxygen atoms in total. The van der Waals surface area contributed by atoms with Crippen LogP contribution < -0.4 is 5.32 Å². The summed E-state index contributed by atoms with van der Waals surface area (Å²) >= 11 is 0. The number of aromatic nitrogens is 2. The third-order valence-corrected chi connectivity index (χ3v) is 2.95. The van der Waals surface area contributed by atoms with Gasteiger partial charge in [-0.3, -0.25) is 5.10 Å². The minimum Gasteiger partial charge on any atom is -0.465 e. The molecule has 1 heterocycles. The maximum atomic E-state index is 11.3. The van der Waals surface area contributed by atoms with Crippen LogP contribution >= 0.6 is 0 Å².